The molecule has 7 heteroatoms. The molecule has 2 aliphatic heterocycles. The summed E-state index contributed by atoms with van der Waals surface area (Å²) in [5, 5.41) is 0. The lowest BCUT2D eigenvalue weighted by Crippen LogP contribution is -2.36. The van der Waals surface area contributed by atoms with Gasteiger partial charge in [-0.15, -0.1) is 0 Å². The first kappa shape index (κ1) is 20.5. The van der Waals surface area contributed by atoms with Crippen LogP contribution in [0.5, 0.6) is 0 Å². The van der Waals surface area contributed by atoms with Gasteiger partial charge in [0.2, 0.25) is 0 Å². The molecule has 0 unspecified atom stereocenters. The quantitative estimate of drug-likeness (QED) is 0.674. The molecule has 0 spiro atoms. The molecule has 2 saturated heterocycles. The van der Waals surface area contributed by atoms with Crippen molar-refractivity contribution in [3.63, 3.8) is 0 Å². The normalized spacial score (nSPS) is 26.7. The maximum atomic E-state index is 12.4. The van der Waals surface area contributed by atoms with E-state index in [-0.39, 0.29) is 19.1 Å². The zero-order valence-electron chi connectivity index (χ0n) is 16.9. The van der Waals surface area contributed by atoms with Gasteiger partial charge in [0.1, 0.15) is 18.8 Å². The van der Waals surface area contributed by atoms with Crippen LogP contribution >= 0.6 is 0 Å². The van der Waals surface area contributed by atoms with E-state index in [1.54, 1.807) is 62.4 Å². The van der Waals surface area contributed by atoms with E-state index in [1.165, 1.54) is 0 Å². The molecule has 0 saturated carbocycles. The zero-order chi connectivity index (χ0) is 21.1. The SMILES string of the molecule is CC1(C)O[C@H]2O[C@H](COC(=O)c3ccccc3)[C@@H](COC(=O)c3ccccc3)[C@H]2O1. The summed E-state index contributed by atoms with van der Waals surface area (Å²) in [4.78, 5) is 24.6. The van der Waals surface area contributed by atoms with Crippen LogP contribution in [0, 0.1) is 5.92 Å². The molecule has 158 valence electrons. The van der Waals surface area contributed by atoms with E-state index in [4.69, 9.17) is 23.7 Å². The van der Waals surface area contributed by atoms with Gasteiger partial charge in [-0.05, 0) is 38.1 Å². The fraction of sp³-hybridized carbons (Fsp3) is 0.391. The summed E-state index contributed by atoms with van der Waals surface area (Å²) >= 11 is 0. The minimum absolute atomic E-state index is 0.00142. The third-order valence-corrected chi connectivity index (χ3v) is 5.10. The smallest absolute Gasteiger partial charge is 0.338 e. The summed E-state index contributed by atoms with van der Waals surface area (Å²) in [5.41, 5.74) is 0.917. The highest BCUT2D eigenvalue weighted by atomic mass is 16.8. The van der Waals surface area contributed by atoms with Gasteiger partial charge in [0.25, 0.3) is 0 Å². The highest BCUT2D eigenvalue weighted by molar-refractivity contribution is 5.89. The van der Waals surface area contributed by atoms with E-state index in [9.17, 15) is 9.59 Å². The van der Waals surface area contributed by atoms with Gasteiger partial charge >= 0.3 is 11.9 Å². The number of carbonyl (C=O) groups is 2. The lowest BCUT2D eigenvalue weighted by Gasteiger charge is -2.25. The van der Waals surface area contributed by atoms with Gasteiger partial charge in [0.05, 0.1) is 23.7 Å². The molecular formula is C23H24O7. The number of benzene rings is 2. The number of esters is 2. The third-order valence-electron chi connectivity index (χ3n) is 5.10. The standard InChI is InChI=1S/C23H24O7/c1-23(2)29-19-17(13-26-20(24)15-9-5-3-6-10-15)18(28-22(19)30-23)14-27-21(25)16-11-7-4-8-12-16/h3-12,17-19,22H,13-14H2,1-2H3/t17-,18-,19-,22-/m1/s1. The van der Waals surface area contributed by atoms with Gasteiger partial charge < -0.3 is 23.7 Å². The Bertz CT molecular complexity index is 881. The van der Waals surface area contributed by atoms with E-state index in [0.717, 1.165) is 0 Å². The molecule has 2 aliphatic rings. The van der Waals surface area contributed by atoms with Crippen molar-refractivity contribution in [2.45, 2.75) is 38.1 Å². The van der Waals surface area contributed by atoms with Crippen molar-refractivity contribution in [1.82, 2.24) is 0 Å². The van der Waals surface area contributed by atoms with Gasteiger partial charge in [0.15, 0.2) is 12.1 Å². The van der Waals surface area contributed by atoms with Crippen molar-refractivity contribution >= 4 is 11.9 Å². The molecule has 0 aliphatic carbocycles. The van der Waals surface area contributed by atoms with Gasteiger partial charge in [-0.3, -0.25) is 0 Å². The summed E-state index contributed by atoms with van der Waals surface area (Å²) in [6, 6.07) is 17.5. The number of hydrogen-bond acceptors (Lipinski definition) is 7. The minimum Gasteiger partial charge on any atom is -0.462 e. The molecule has 2 aromatic carbocycles. The Morgan fingerprint density at radius 3 is 1.93 bits per heavy atom. The van der Waals surface area contributed by atoms with Gasteiger partial charge in [0, 0.05) is 0 Å². The molecule has 0 amide bonds. The van der Waals surface area contributed by atoms with Crippen LogP contribution in [0.1, 0.15) is 34.6 Å². The van der Waals surface area contributed by atoms with Crippen molar-refractivity contribution in [2.24, 2.45) is 5.92 Å². The Morgan fingerprint density at radius 1 is 0.833 bits per heavy atom. The van der Waals surface area contributed by atoms with Crippen LogP contribution in [0.4, 0.5) is 0 Å². The Morgan fingerprint density at radius 2 is 1.37 bits per heavy atom. The first-order valence-electron chi connectivity index (χ1n) is 9.88. The van der Waals surface area contributed by atoms with Crippen LogP contribution in [0.25, 0.3) is 0 Å². The van der Waals surface area contributed by atoms with Crippen LogP contribution in [0.15, 0.2) is 60.7 Å². The maximum Gasteiger partial charge on any atom is 0.338 e. The summed E-state index contributed by atoms with van der Waals surface area (Å²) in [6.07, 6.45) is -1.56. The minimum atomic E-state index is -0.803. The second-order valence-corrected chi connectivity index (χ2v) is 7.74. The molecule has 2 fully saturated rings. The van der Waals surface area contributed by atoms with Crippen molar-refractivity contribution in [3.8, 4) is 0 Å². The number of fused-ring (bicyclic) bond motifs is 1. The van der Waals surface area contributed by atoms with Crippen LogP contribution in [0.3, 0.4) is 0 Å². The monoisotopic (exact) mass is 412 g/mol. The second kappa shape index (κ2) is 8.55. The molecule has 0 bridgehead atoms. The highest BCUT2D eigenvalue weighted by Crippen LogP contribution is 2.41. The molecule has 2 heterocycles. The molecule has 4 rings (SSSR count). The van der Waals surface area contributed by atoms with Crippen LogP contribution < -0.4 is 0 Å². The molecule has 2 aromatic rings. The van der Waals surface area contributed by atoms with Gasteiger partial charge in [-0.2, -0.15) is 0 Å². The van der Waals surface area contributed by atoms with Crippen LogP contribution in [-0.4, -0.2) is 49.4 Å². The number of carbonyl (C=O) groups excluding carboxylic acids is 2. The summed E-state index contributed by atoms with van der Waals surface area (Å²) < 4.78 is 28.6. The Balaban J connectivity index is 1.41. The topological polar surface area (TPSA) is 80.3 Å². The Kier molecular flexibility index (Phi) is 5.85. The molecule has 0 N–H and O–H groups in total. The zero-order valence-corrected chi connectivity index (χ0v) is 16.9. The van der Waals surface area contributed by atoms with Crippen LogP contribution in [0.2, 0.25) is 0 Å². The fourth-order valence-corrected chi connectivity index (χ4v) is 3.65. The Labute approximate surface area is 174 Å². The molecule has 4 atom stereocenters. The van der Waals surface area contributed by atoms with Crippen molar-refractivity contribution < 1.29 is 33.3 Å². The first-order valence-corrected chi connectivity index (χ1v) is 9.88. The molecule has 0 radical (unpaired) electrons. The average molecular weight is 412 g/mol. The van der Waals surface area contributed by atoms with Crippen molar-refractivity contribution in [2.75, 3.05) is 13.2 Å². The van der Waals surface area contributed by atoms with Crippen molar-refractivity contribution in [1.29, 1.82) is 0 Å². The summed E-state index contributed by atoms with van der Waals surface area (Å²) in [6.45, 7) is 3.65. The summed E-state index contributed by atoms with van der Waals surface area (Å²) in [7, 11) is 0. The molecule has 0 aromatic heterocycles. The molecular weight excluding hydrogens is 388 g/mol. The van der Waals surface area contributed by atoms with E-state index in [1.807, 2.05) is 12.1 Å². The lowest BCUT2D eigenvalue weighted by atomic mass is 10.00. The largest absolute Gasteiger partial charge is 0.462 e. The average Bonchev–Trinajstić information content (AvgIpc) is 3.22. The van der Waals surface area contributed by atoms with Crippen molar-refractivity contribution in [3.05, 3.63) is 71.8 Å². The van der Waals surface area contributed by atoms with E-state index >= 15 is 0 Å². The summed E-state index contributed by atoms with van der Waals surface area (Å²) in [5.74, 6) is -2.02. The number of rotatable bonds is 6. The van der Waals surface area contributed by atoms with E-state index in [0.29, 0.717) is 11.1 Å². The van der Waals surface area contributed by atoms with E-state index < -0.39 is 36.2 Å². The predicted molar refractivity (Wildman–Crippen MR) is 106 cm³/mol. The van der Waals surface area contributed by atoms with E-state index in [2.05, 4.69) is 0 Å². The molecule has 7 nitrogen and oxygen atoms in total. The number of ether oxygens (including phenoxy) is 5. The highest BCUT2D eigenvalue weighted by Gasteiger charge is 2.55. The second-order valence-electron chi connectivity index (χ2n) is 7.74. The van der Waals surface area contributed by atoms with Gasteiger partial charge in [-0.25, -0.2) is 9.59 Å². The lowest BCUT2D eigenvalue weighted by molar-refractivity contribution is -0.214. The number of hydrogen-bond donors (Lipinski definition) is 0. The maximum absolute atomic E-state index is 12.4. The first-order chi connectivity index (χ1) is 14.4. The third kappa shape index (κ3) is 4.53. The molecule has 30 heavy (non-hydrogen) atoms. The van der Waals surface area contributed by atoms with Gasteiger partial charge in [-0.1, -0.05) is 36.4 Å². The van der Waals surface area contributed by atoms with Crippen LogP contribution in [-0.2, 0) is 23.7 Å². The Hall–Kier alpha value is -2.74. The fourth-order valence-electron chi connectivity index (χ4n) is 3.65. The predicted octanol–water partition coefficient (Wildman–Crippen LogP) is 3.19.